The summed E-state index contributed by atoms with van der Waals surface area (Å²) < 4.78 is 110. The Balaban J connectivity index is 1.11. The molecule has 17 nitrogen and oxygen atoms in total. The first-order valence-electron chi connectivity index (χ1n) is 16.8. The molecule has 0 spiro atoms. The number of alkyl halides is 6. The first kappa shape index (κ1) is 36.0. The van der Waals surface area contributed by atoms with Crippen molar-refractivity contribution in [1.29, 1.82) is 0 Å². The number of hydrogen-bond acceptors (Lipinski definition) is 13. The number of nitrogens with two attached hydrogens (primary N) is 2. The van der Waals surface area contributed by atoms with Gasteiger partial charge in [-0.3, -0.25) is 4.57 Å². The van der Waals surface area contributed by atoms with E-state index in [1.807, 2.05) is 0 Å². The Morgan fingerprint density at radius 3 is 1.51 bits per heavy atom. The van der Waals surface area contributed by atoms with Gasteiger partial charge in [0.15, 0.2) is 34.0 Å². The molecule has 0 radical (unpaired) electrons. The van der Waals surface area contributed by atoms with Gasteiger partial charge >= 0.3 is 19.9 Å². The van der Waals surface area contributed by atoms with Gasteiger partial charge in [-0.25, -0.2) is 9.97 Å². The fraction of sp³-hybridized carbons (Fsp3) is 0.655. The fourth-order valence-corrected chi connectivity index (χ4v) is 7.57. The second-order valence-corrected chi connectivity index (χ2v) is 16.1. The number of aromatic nitrogens is 8. The summed E-state index contributed by atoms with van der Waals surface area (Å²) in [5, 5.41) is 6.34. The van der Waals surface area contributed by atoms with E-state index in [9.17, 15) is 40.7 Å². The third-order valence-corrected chi connectivity index (χ3v) is 10.7. The molecular formula is C29H35F6N12O5P. The van der Waals surface area contributed by atoms with Crippen molar-refractivity contribution >= 4 is 53.5 Å². The quantitative estimate of drug-likeness (QED) is 0.0570. The molecular weight excluding hydrogens is 741 g/mol. The number of nitrogens with zero attached hydrogens (tertiary/aromatic N) is 8. The van der Waals surface area contributed by atoms with Gasteiger partial charge in [0.25, 0.3) is 6.03 Å². The second kappa shape index (κ2) is 12.2. The van der Waals surface area contributed by atoms with E-state index in [4.69, 9.17) is 20.9 Å². The van der Waals surface area contributed by atoms with Crippen LogP contribution in [-0.4, -0.2) is 90.5 Å². The van der Waals surface area contributed by atoms with Gasteiger partial charge in [0.2, 0.25) is 11.9 Å². The van der Waals surface area contributed by atoms with Crippen LogP contribution in [0.2, 0.25) is 0 Å². The highest BCUT2D eigenvalue weighted by atomic mass is 31.2. The van der Waals surface area contributed by atoms with Crippen molar-refractivity contribution in [2.75, 3.05) is 22.1 Å². The molecule has 288 valence electrons. The van der Waals surface area contributed by atoms with E-state index in [1.54, 1.807) is 0 Å². The smallest absolute Gasteiger partial charge is 0.368 e. The monoisotopic (exact) mass is 776 g/mol. The van der Waals surface area contributed by atoms with Crippen LogP contribution in [0.15, 0.2) is 12.7 Å². The van der Waals surface area contributed by atoms with Gasteiger partial charge in [0, 0.05) is 36.8 Å². The van der Waals surface area contributed by atoms with Gasteiger partial charge in [-0.2, -0.15) is 46.3 Å². The van der Waals surface area contributed by atoms with Crippen LogP contribution < -0.4 is 22.1 Å². The van der Waals surface area contributed by atoms with E-state index >= 15 is 0 Å². The summed E-state index contributed by atoms with van der Waals surface area (Å²) in [7, 11) is -5.54. The van der Waals surface area contributed by atoms with Gasteiger partial charge in [0.05, 0.1) is 36.9 Å². The Bertz CT molecular complexity index is 1970. The highest BCUT2D eigenvalue weighted by Gasteiger charge is 2.65. The largest absolute Gasteiger partial charge is 0.389 e. The molecule has 4 unspecified atom stereocenters. The average molecular weight is 777 g/mol. The topological polar surface area (TPSA) is 239 Å². The van der Waals surface area contributed by atoms with Gasteiger partial charge in [-0.1, -0.05) is 0 Å². The molecule has 4 aromatic heterocycles. The lowest BCUT2D eigenvalue weighted by Gasteiger charge is -2.31. The molecule has 4 heterocycles. The lowest BCUT2D eigenvalue weighted by Crippen LogP contribution is -2.37. The number of nitrogen functional groups attached to an aromatic ring is 2. The Morgan fingerprint density at radius 1 is 0.774 bits per heavy atom. The van der Waals surface area contributed by atoms with Crippen LogP contribution in [-0.2, 0) is 27.1 Å². The van der Waals surface area contributed by atoms with Gasteiger partial charge in [-0.15, -0.1) is 0 Å². The maximum absolute atomic E-state index is 13.7. The minimum atomic E-state index is -5.54. The molecule has 24 heteroatoms. The van der Waals surface area contributed by atoms with Gasteiger partial charge < -0.3 is 50.5 Å². The molecule has 0 aliphatic heterocycles. The minimum Gasteiger partial charge on any atom is -0.368 e. The van der Waals surface area contributed by atoms with E-state index in [0.717, 1.165) is 25.7 Å². The number of halogens is 6. The van der Waals surface area contributed by atoms with Crippen LogP contribution >= 0.6 is 7.60 Å². The first-order valence-corrected chi connectivity index (χ1v) is 18.5. The Labute approximate surface area is 295 Å². The average Bonchev–Trinajstić information content (AvgIpc) is 3.94. The Morgan fingerprint density at radius 2 is 1.17 bits per heavy atom. The van der Waals surface area contributed by atoms with Crippen molar-refractivity contribution in [3.8, 4) is 0 Å². The molecule has 4 atom stereocenters. The molecule has 0 aromatic carbocycles. The zero-order valence-electron chi connectivity index (χ0n) is 27.7. The summed E-state index contributed by atoms with van der Waals surface area (Å²) in [6, 6.07) is -2.28. The number of anilines is 4. The van der Waals surface area contributed by atoms with E-state index in [-0.39, 0.29) is 59.1 Å². The number of nitrogens with one attached hydrogen (secondary N) is 2. The summed E-state index contributed by atoms with van der Waals surface area (Å²) in [6.45, 7) is -0.858. The number of hydrogen-bond donors (Lipinski definition) is 6. The third kappa shape index (κ3) is 7.80. The molecule has 0 bridgehead atoms. The van der Waals surface area contributed by atoms with Crippen LogP contribution in [0, 0.1) is 11.8 Å². The normalized spacial score (nSPS) is 26.6. The highest BCUT2D eigenvalue weighted by molar-refractivity contribution is 7.52. The predicted molar refractivity (Wildman–Crippen MR) is 174 cm³/mol. The van der Waals surface area contributed by atoms with Gasteiger partial charge in [-0.05, 0) is 38.5 Å². The first-order chi connectivity index (χ1) is 24.8. The predicted octanol–water partition coefficient (Wildman–Crippen LogP) is 3.90. The van der Waals surface area contributed by atoms with E-state index in [1.165, 1.54) is 21.8 Å². The van der Waals surface area contributed by atoms with Crippen molar-refractivity contribution in [2.45, 2.75) is 106 Å². The van der Waals surface area contributed by atoms with E-state index < -0.39 is 74.9 Å². The lowest BCUT2D eigenvalue weighted by atomic mass is 10.2. The van der Waals surface area contributed by atoms with Gasteiger partial charge in [0.1, 0.15) is 0 Å². The molecule has 4 aliphatic rings. The molecule has 4 aliphatic carbocycles. The van der Waals surface area contributed by atoms with E-state index in [2.05, 4.69) is 40.5 Å². The zero-order valence-corrected chi connectivity index (χ0v) is 28.6. The number of ether oxygens (including phenoxy) is 2. The zero-order chi connectivity index (χ0) is 37.7. The SMILES string of the molecule is Nc1nc(NC2CC2)c2ncn(CC3(OC(OC4(Cn5cnc6c(NC7CC7)nc(N)nc65)CC4CC(F)(F)F)P(=O)(O)O)CC3CC(F)(F)F)c2n1. The number of fused-ring (bicyclic) bond motifs is 2. The minimum absolute atomic E-state index is 0.127. The maximum Gasteiger partial charge on any atom is 0.389 e. The molecule has 0 saturated heterocycles. The molecule has 53 heavy (non-hydrogen) atoms. The van der Waals surface area contributed by atoms with Crippen molar-refractivity contribution in [1.82, 2.24) is 39.0 Å². The molecule has 4 saturated carbocycles. The van der Waals surface area contributed by atoms with Crippen molar-refractivity contribution < 1.29 is 50.2 Å². The Kier molecular flexibility index (Phi) is 8.30. The highest BCUT2D eigenvalue weighted by Crippen LogP contribution is 2.61. The number of imidazole rings is 2. The third-order valence-electron chi connectivity index (χ3n) is 9.93. The summed E-state index contributed by atoms with van der Waals surface area (Å²) >= 11 is 0. The molecule has 8 N–H and O–H groups in total. The van der Waals surface area contributed by atoms with Crippen LogP contribution in [0.4, 0.5) is 49.9 Å². The summed E-state index contributed by atoms with van der Waals surface area (Å²) in [6.07, 6.45) is -6.69. The van der Waals surface area contributed by atoms with Crippen molar-refractivity contribution in [3.63, 3.8) is 0 Å². The maximum atomic E-state index is 13.7. The molecule has 4 fully saturated rings. The lowest BCUT2D eigenvalue weighted by molar-refractivity contribution is -0.200. The molecule has 0 amide bonds. The van der Waals surface area contributed by atoms with Crippen LogP contribution in [0.25, 0.3) is 22.3 Å². The second-order valence-electron chi connectivity index (χ2n) is 14.5. The van der Waals surface area contributed by atoms with Crippen LogP contribution in [0.5, 0.6) is 0 Å². The molecule has 8 rings (SSSR count). The Hall–Kier alpha value is -4.05. The molecule has 4 aromatic rings. The van der Waals surface area contributed by atoms with Crippen LogP contribution in [0.1, 0.15) is 51.4 Å². The summed E-state index contributed by atoms with van der Waals surface area (Å²) in [5.74, 6) is -2.31. The van der Waals surface area contributed by atoms with Crippen molar-refractivity contribution in [2.24, 2.45) is 11.8 Å². The summed E-state index contributed by atoms with van der Waals surface area (Å²) in [5.41, 5.74) is 8.83. The van der Waals surface area contributed by atoms with Crippen molar-refractivity contribution in [3.05, 3.63) is 12.7 Å². The van der Waals surface area contributed by atoms with Crippen LogP contribution in [0.3, 0.4) is 0 Å². The summed E-state index contributed by atoms with van der Waals surface area (Å²) in [4.78, 5) is 46.4. The standard InChI is InChI=1S/C29H35F6N12O5P/c30-28(31,32)7-13-5-26(13,9-46-11-38-17-19(40-15-1-2-15)42-23(36)44-21(17)46)51-25(53(48,49)50)52-27(6-14(27)8-29(33,34)35)10-47-12-39-18-20(41-16-3-4-16)43-24(37)45-22(18)47/h11-16,25H,1-10H2,(H2,48,49,50)(H3,36,40,42,44)(H3,37,41,43,45). The van der Waals surface area contributed by atoms with E-state index in [0.29, 0.717) is 11.6 Å². The fourth-order valence-electron chi connectivity index (χ4n) is 6.88. The number of rotatable bonds is 15.